The highest BCUT2D eigenvalue weighted by Gasteiger charge is 2.47. The normalized spacial score (nSPS) is 22.0. The van der Waals surface area contributed by atoms with Gasteiger partial charge in [-0.2, -0.15) is 0 Å². The number of nitrogens with zero attached hydrogens (tertiary/aromatic N) is 1. The average Bonchev–Trinajstić information content (AvgIpc) is 2.79. The molecular formula is C18H35NO5Si. The summed E-state index contributed by atoms with van der Waals surface area (Å²) in [6.07, 6.45) is -0.223. The molecule has 1 saturated heterocycles. The van der Waals surface area contributed by atoms with E-state index in [4.69, 9.17) is 13.9 Å². The smallest absolute Gasteiger partial charge is 0.411 e. The maximum Gasteiger partial charge on any atom is 0.411 e. The molecular weight excluding hydrogens is 338 g/mol. The molecule has 0 aromatic rings. The zero-order chi connectivity index (χ0) is 19.6. The minimum absolute atomic E-state index is 0.0613. The highest BCUT2D eigenvalue weighted by atomic mass is 28.4. The number of amides is 1. The Balaban J connectivity index is 2.94. The maximum absolute atomic E-state index is 12.5. The molecule has 1 fully saturated rings. The Labute approximate surface area is 153 Å². The van der Waals surface area contributed by atoms with Crippen LogP contribution in [0, 0.1) is 0 Å². The summed E-state index contributed by atoms with van der Waals surface area (Å²) in [4.78, 5) is 26.3. The van der Waals surface area contributed by atoms with Crippen LogP contribution in [0.2, 0.25) is 18.1 Å². The number of rotatable bonds is 4. The lowest BCUT2D eigenvalue weighted by molar-refractivity contribution is -0.148. The van der Waals surface area contributed by atoms with Crippen molar-refractivity contribution in [1.29, 1.82) is 0 Å². The number of ether oxygens (including phenoxy) is 2. The topological polar surface area (TPSA) is 65.1 Å². The van der Waals surface area contributed by atoms with Crippen LogP contribution in [0.5, 0.6) is 0 Å². The molecule has 2 atom stereocenters. The van der Waals surface area contributed by atoms with Crippen LogP contribution < -0.4 is 0 Å². The Morgan fingerprint density at radius 2 is 1.68 bits per heavy atom. The highest BCUT2D eigenvalue weighted by Crippen LogP contribution is 2.39. The van der Waals surface area contributed by atoms with E-state index in [1.165, 1.54) is 4.90 Å². The number of hydrogen-bond donors (Lipinski definition) is 0. The van der Waals surface area contributed by atoms with Gasteiger partial charge in [0, 0.05) is 13.0 Å². The van der Waals surface area contributed by atoms with Gasteiger partial charge in [0.1, 0.15) is 11.6 Å². The summed E-state index contributed by atoms with van der Waals surface area (Å²) in [7, 11) is -1.99. The molecule has 0 saturated carbocycles. The number of carbonyl (C=O) groups is 2. The van der Waals surface area contributed by atoms with E-state index in [-0.39, 0.29) is 17.7 Å². The quantitative estimate of drug-likeness (QED) is 0.551. The first kappa shape index (κ1) is 22.0. The second-order valence-electron chi connectivity index (χ2n) is 9.14. The van der Waals surface area contributed by atoms with Gasteiger partial charge in [-0.15, -0.1) is 0 Å². The van der Waals surface area contributed by atoms with Crippen molar-refractivity contribution in [2.75, 3.05) is 13.2 Å². The molecule has 0 bridgehead atoms. The van der Waals surface area contributed by atoms with Gasteiger partial charge in [-0.05, 0) is 45.8 Å². The minimum Gasteiger partial charge on any atom is -0.464 e. The molecule has 1 aliphatic rings. The standard InChI is InChI=1S/C18H35NO5Si/c1-10-22-15(20)14-11-13(24-25(8,9)18(5,6)7)12-19(14)16(21)23-17(2,3)4/h13-14H,10-12H2,1-9H3/t13?,14-/m0/s1. The first-order chi connectivity index (χ1) is 11.2. The Hall–Kier alpha value is -1.08. The summed E-state index contributed by atoms with van der Waals surface area (Å²) in [5.41, 5.74) is -0.616. The summed E-state index contributed by atoms with van der Waals surface area (Å²) in [5.74, 6) is -0.394. The second kappa shape index (κ2) is 7.66. The average molecular weight is 374 g/mol. The SMILES string of the molecule is CCOC(=O)[C@@H]1CC(O[Si](C)(C)C(C)(C)C)CN1C(=O)OC(C)(C)C. The van der Waals surface area contributed by atoms with Crippen LogP contribution in [0.3, 0.4) is 0 Å². The number of esters is 1. The van der Waals surface area contributed by atoms with Gasteiger partial charge >= 0.3 is 12.1 Å². The third-order valence-corrected chi connectivity index (χ3v) is 9.25. The largest absolute Gasteiger partial charge is 0.464 e. The van der Waals surface area contributed by atoms with Crippen LogP contribution in [-0.2, 0) is 18.7 Å². The van der Waals surface area contributed by atoms with E-state index in [1.54, 1.807) is 6.92 Å². The van der Waals surface area contributed by atoms with Crippen LogP contribution in [0.4, 0.5) is 4.79 Å². The highest BCUT2D eigenvalue weighted by molar-refractivity contribution is 6.74. The van der Waals surface area contributed by atoms with Crippen molar-refractivity contribution in [3.8, 4) is 0 Å². The maximum atomic E-state index is 12.5. The van der Waals surface area contributed by atoms with Gasteiger partial charge in [0.15, 0.2) is 8.32 Å². The predicted octanol–water partition coefficient (Wildman–Crippen LogP) is 3.95. The molecule has 0 aromatic heterocycles. The van der Waals surface area contributed by atoms with Crippen LogP contribution in [0.1, 0.15) is 54.9 Å². The Kier molecular flexibility index (Phi) is 6.73. The zero-order valence-corrected chi connectivity index (χ0v) is 18.3. The summed E-state index contributed by atoms with van der Waals surface area (Å²) in [6.45, 7) is 18.7. The van der Waals surface area contributed by atoms with Crippen LogP contribution in [0.15, 0.2) is 0 Å². The molecule has 0 aromatic carbocycles. The molecule has 1 unspecified atom stereocenters. The van der Waals surface area contributed by atoms with Gasteiger partial charge in [0.2, 0.25) is 0 Å². The molecule has 0 radical (unpaired) electrons. The molecule has 1 amide bonds. The summed E-state index contributed by atoms with van der Waals surface area (Å²) in [6, 6.07) is -0.649. The van der Waals surface area contributed by atoms with Gasteiger partial charge in [-0.3, -0.25) is 4.90 Å². The fraction of sp³-hybridized carbons (Fsp3) is 0.889. The van der Waals surface area contributed by atoms with E-state index >= 15 is 0 Å². The van der Waals surface area contributed by atoms with E-state index in [9.17, 15) is 9.59 Å². The van der Waals surface area contributed by atoms with Crippen LogP contribution >= 0.6 is 0 Å². The molecule has 146 valence electrons. The van der Waals surface area contributed by atoms with Crippen molar-refractivity contribution >= 4 is 20.4 Å². The Morgan fingerprint density at radius 1 is 1.12 bits per heavy atom. The lowest BCUT2D eigenvalue weighted by atomic mass is 10.2. The fourth-order valence-electron chi connectivity index (χ4n) is 2.46. The number of hydrogen-bond acceptors (Lipinski definition) is 5. The van der Waals surface area contributed by atoms with Crippen molar-refractivity contribution in [1.82, 2.24) is 4.90 Å². The summed E-state index contributed by atoms with van der Waals surface area (Å²) in [5, 5.41) is 0.0613. The molecule has 1 rings (SSSR count). The Morgan fingerprint density at radius 3 is 2.12 bits per heavy atom. The molecule has 0 spiro atoms. The monoisotopic (exact) mass is 373 g/mol. The van der Waals surface area contributed by atoms with Crippen molar-refractivity contribution in [3.05, 3.63) is 0 Å². The van der Waals surface area contributed by atoms with Crippen molar-refractivity contribution in [2.24, 2.45) is 0 Å². The summed E-state index contributed by atoms with van der Waals surface area (Å²) < 4.78 is 17.0. The molecule has 7 heteroatoms. The third kappa shape index (κ3) is 5.99. The van der Waals surface area contributed by atoms with Crippen molar-refractivity contribution in [3.63, 3.8) is 0 Å². The predicted molar refractivity (Wildman–Crippen MR) is 100 cm³/mol. The Bertz CT molecular complexity index is 493. The van der Waals surface area contributed by atoms with E-state index in [0.29, 0.717) is 13.0 Å². The summed E-state index contributed by atoms with van der Waals surface area (Å²) >= 11 is 0. The molecule has 1 aliphatic heterocycles. The molecule has 6 nitrogen and oxygen atoms in total. The van der Waals surface area contributed by atoms with Gasteiger partial charge in [-0.25, -0.2) is 9.59 Å². The van der Waals surface area contributed by atoms with Crippen LogP contribution in [-0.4, -0.2) is 56.2 Å². The van der Waals surface area contributed by atoms with Crippen molar-refractivity contribution in [2.45, 2.75) is 90.8 Å². The molecule has 25 heavy (non-hydrogen) atoms. The first-order valence-electron chi connectivity index (χ1n) is 9.02. The van der Waals surface area contributed by atoms with Crippen LogP contribution in [0.25, 0.3) is 0 Å². The van der Waals surface area contributed by atoms with Crippen molar-refractivity contribution < 1.29 is 23.5 Å². The van der Waals surface area contributed by atoms with Gasteiger partial charge in [-0.1, -0.05) is 20.8 Å². The molecule has 1 heterocycles. The van der Waals surface area contributed by atoms with Gasteiger partial charge in [0.05, 0.1) is 12.7 Å². The minimum atomic E-state index is -1.99. The van der Waals surface area contributed by atoms with E-state index in [0.717, 1.165) is 0 Å². The number of carbonyl (C=O) groups excluding carboxylic acids is 2. The zero-order valence-electron chi connectivity index (χ0n) is 17.3. The van der Waals surface area contributed by atoms with Gasteiger partial charge in [0.25, 0.3) is 0 Å². The lowest BCUT2D eigenvalue weighted by Gasteiger charge is -2.38. The second-order valence-corrected chi connectivity index (χ2v) is 13.9. The lowest BCUT2D eigenvalue weighted by Crippen LogP contribution is -2.45. The van der Waals surface area contributed by atoms with E-state index in [2.05, 4.69) is 33.9 Å². The van der Waals surface area contributed by atoms with E-state index < -0.39 is 32.0 Å². The number of likely N-dealkylation sites (tertiary alicyclic amines) is 1. The third-order valence-electron chi connectivity index (χ3n) is 4.72. The van der Waals surface area contributed by atoms with Gasteiger partial charge < -0.3 is 13.9 Å². The first-order valence-corrected chi connectivity index (χ1v) is 11.9. The molecule has 0 aliphatic carbocycles. The van der Waals surface area contributed by atoms with E-state index in [1.807, 2.05) is 20.8 Å². The fourth-order valence-corrected chi connectivity index (χ4v) is 3.82. The molecule has 0 N–H and O–H groups in total.